The Morgan fingerprint density at radius 3 is 2.56 bits per heavy atom. The van der Waals surface area contributed by atoms with Crippen LogP contribution in [0.25, 0.3) is 22.4 Å². The molecular weight excluding hydrogens is 428 g/mol. The van der Waals surface area contributed by atoms with Crippen molar-refractivity contribution in [2.45, 2.75) is 17.7 Å². The Morgan fingerprint density at radius 1 is 1.16 bits per heavy atom. The summed E-state index contributed by atoms with van der Waals surface area (Å²) >= 11 is 0. The van der Waals surface area contributed by atoms with Gasteiger partial charge in [-0.15, -0.1) is 0 Å². The van der Waals surface area contributed by atoms with Gasteiger partial charge >= 0.3 is 0 Å². The number of aromatic amines is 1. The zero-order valence-electron chi connectivity index (χ0n) is 18.0. The first-order valence-electron chi connectivity index (χ1n) is 10.0. The molecular formula is C22H24N6O3S. The summed E-state index contributed by atoms with van der Waals surface area (Å²) in [4.78, 5) is 24.4. The van der Waals surface area contributed by atoms with Gasteiger partial charge in [0.25, 0.3) is 0 Å². The fraction of sp³-hybridized carbons (Fsp3) is 0.227. The lowest BCUT2D eigenvalue weighted by Gasteiger charge is -2.10. The number of carbonyl (C=O) groups is 1. The molecule has 0 saturated carbocycles. The van der Waals surface area contributed by atoms with Gasteiger partial charge in [0, 0.05) is 57.6 Å². The minimum Gasteiger partial charge on any atom is -0.345 e. The Labute approximate surface area is 186 Å². The predicted octanol–water partition coefficient (Wildman–Crippen LogP) is 2.79. The summed E-state index contributed by atoms with van der Waals surface area (Å²) in [6.45, 7) is 0. The van der Waals surface area contributed by atoms with Gasteiger partial charge in [0.2, 0.25) is 15.9 Å². The van der Waals surface area contributed by atoms with Gasteiger partial charge in [-0.05, 0) is 42.5 Å². The van der Waals surface area contributed by atoms with Gasteiger partial charge < -0.3 is 14.9 Å². The third kappa shape index (κ3) is 4.27. The highest BCUT2D eigenvalue weighted by Gasteiger charge is 2.19. The summed E-state index contributed by atoms with van der Waals surface area (Å²) in [5, 5.41) is 2.89. The molecule has 32 heavy (non-hydrogen) atoms. The van der Waals surface area contributed by atoms with Crippen LogP contribution in [0, 0.1) is 0 Å². The smallest absolute Gasteiger partial charge is 0.242 e. The lowest BCUT2D eigenvalue weighted by Crippen LogP contribution is -2.22. The molecule has 0 bridgehead atoms. The maximum atomic E-state index is 12.4. The van der Waals surface area contributed by atoms with Crippen molar-refractivity contribution in [2.75, 3.05) is 19.4 Å². The number of carbonyl (C=O) groups excluding carboxylic acids is 1. The van der Waals surface area contributed by atoms with Gasteiger partial charge in [0.05, 0.1) is 15.9 Å². The summed E-state index contributed by atoms with van der Waals surface area (Å²) in [6.07, 6.45) is 4.12. The van der Waals surface area contributed by atoms with Crippen molar-refractivity contribution in [1.82, 2.24) is 23.8 Å². The Hall–Kier alpha value is -3.50. The lowest BCUT2D eigenvalue weighted by molar-refractivity contribution is -0.116. The molecule has 4 rings (SSSR count). The average molecular weight is 453 g/mol. The van der Waals surface area contributed by atoms with Crippen molar-refractivity contribution < 1.29 is 13.2 Å². The molecule has 0 aliphatic rings. The number of amides is 1. The second kappa shape index (κ2) is 8.56. The van der Waals surface area contributed by atoms with Crippen LogP contribution in [0.2, 0.25) is 0 Å². The SMILES string of the molecule is CN(C)S(=O)(=O)c1ccc2c(c1)nc(CCC(=O)Nc1ccc(-c3ncc[nH]3)cc1)n2C. The number of aryl methyl sites for hydroxylation is 2. The van der Waals surface area contributed by atoms with E-state index in [1.807, 2.05) is 35.9 Å². The summed E-state index contributed by atoms with van der Waals surface area (Å²) in [5.74, 6) is 1.35. The summed E-state index contributed by atoms with van der Waals surface area (Å²) < 4.78 is 27.8. The maximum Gasteiger partial charge on any atom is 0.242 e. The molecule has 166 valence electrons. The number of sulfonamides is 1. The van der Waals surface area contributed by atoms with Crippen LogP contribution >= 0.6 is 0 Å². The summed E-state index contributed by atoms with van der Waals surface area (Å²) in [6, 6.07) is 12.3. The zero-order chi connectivity index (χ0) is 22.9. The number of benzene rings is 2. The monoisotopic (exact) mass is 452 g/mol. The summed E-state index contributed by atoms with van der Waals surface area (Å²) in [7, 11) is 1.31. The molecule has 2 heterocycles. The van der Waals surface area contributed by atoms with Gasteiger partial charge in [0.1, 0.15) is 11.6 Å². The van der Waals surface area contributed by atoms with E-state index in [4.69, 9.17) is 0 Å². The number of nitrogens with one attached hydrogen (secondary N) is 2. The number of H-pyrrole nitrogens is 1. The number of aromatic nitrogens is 4. The number of fused-ring (bicyclic) bond motifs is 1. The Morgan fingerprint density at radius 2 is 1.91 bits per heavy atom. The van der Waals surface area contributed by atoms with Crippen LogP contribution in [-0.4, -0.2) is 52.2 Å². The second-order valence-electron chi connectivity index (χ2n) is 7.59. The van der Waals surface area contributed by atoms with Crippen molar-refractivity contribution in [3.63, 3.8) is 0 Å². The third-order valence-electron chi connectivity index (χ3n) is 5.24. The van der Waals surface area contributed by atoms with Crippen molar-refractivity contribution in [1.29, 1.82) is 0 Å². The van der Waals surface area contributed by atoms with Crippen LogP contribution in [0.5, 0.6) is 0 Å². The molecule has 1 amide bonds. The van der Waals surface area contributed by atoms with E-state index in [1.54, 1.807) is 30.6 Å². The first-order chi connectivity index (χ1) is 15.3. The van der Waals surface area contributed by atoms with Crippen LogP contribution < -0.4 is 5.32 Å². The van der Waals surface area contributed by atoms with Crippen LogP contribution in [0.4, 0.5) is 5.69 Å². The standard InChI is InChI=1S/C22H24N6O3S/c1-27(2)32(30,31)17-8-9-19-18(14-17)26-20(28(19)3)10-11-21(29)25-16-6-4-15(5-7-16)22-23-12-13-24-22/h4-9,12-14H,10-11H2,1-3H3,(H,23,24)(H,25,29). The Bertz CT molecular complexity index is 1360. The third-order valence-corrected chi connectivity index (χ3v) is 7.05. The molecule has 2 aromatic carbocycles. The first kappa shape index (κ1) is 21.7. The predicted molar refractivity (Wildman–Crippen MR) is 123 cm³/mol. The Balaban J connectivity index is 1.43. The zero-order valence-corrected chi connectivity index (χ0v) is 18.8. The Kier molecular flexibility index (Phi) is 5.81. The molecule has 0 aliphatic carbocycles. The van der Waals surface area contributed by atoms with E-state index in [9.17, 15) is 13.2 Å². The molecule has 0 fully saturated rings. The molecule has 0 atom stereocenters. The first-order valence-corrected chi connectivity index (χ1v) is 11.5. The summed E-state index contributed by atoms with van der Waals surface area (Å²) in [5.41, 5.74) is 3.03. The molecule has 0 radical (unpaired) electrons. The van der Waals surface area contributed by atoms with E-state index < -0.39 is 10.0 Å². The molecule has 2 aromatic heterocycles. The molecule has 10 heteroatoms. The highest BCUT2D eigenvalue weighted by atomic mass is 32.2. The lowest BCUT2D eigenvalue weighted by atomic mass is 10.2. The number of rotatable bonds is 7. The molecule has 0 unspecified atom stereocenters. The molecule has 2 N–H and O–H groups in total. The van der Waals surface area contributed by atoms with Gasteiger partial charge in [-0.25, -0.2) is 22.7 Å². The minimum absolute atomic E-state index is 0.126. The molecule has 9 nitrogen and oxygen atoms in total. The van der Waals surface area contributed by atoms with E-state index in [-0.39, 0.29) is 17.2 Å². The molecule has 0 aliphatic heterocycles. The molecule has 4 aromatic rings. The number of hydrogen-bond donors (Lipinski definition) is 2. The van der Waals surface area contributed by atoms with E-state index in [0.717, 1.165) is 16.9 Å². The number of hydrogen-bond acceptors (Lipinski definition) is 5. The largest absolute Gasteiger partial charge is 0.345 e. The van der Waals surface area contributed by atoms with Crippen LogP contribution in [-0.2, 0) is 28.3 Å². The van der Waals surface area contributed by atoms with Crippen LogP contribution in [0.15, 0.2) is 59.8 Å². The van der Waals surface area contributed by atoms with E-state index in [1.165, 1.54) is 18.4 Å². The number of imidazole rings is 2. The van der Waals surface area contributed by atoms with Crippen LogP contribution in [0.1, 0.15) is 12.2 Å². The number of anilines is 1. The van der Waals surface area contributed by atoms with Crippen molar-refractivity contribution in [3.05, 3.63) is 60.7 Å². The van der Waals surface area contributed by atoms with Gasteiger partial charge in [-0.3, -0.25) is 4.79 Å². The van der Waals surface area contributed by atoms with E-state index >= 15 is 0 Å². The van der Waals surface area contributed by atoms with Crippen LogP contribution in [0.3, 0.4) is 0 Å². The highest BCUT2D eigenvalue weighted by molar-refractivity contribution is 7.89. The molecule has 0 saturated heterocycles. The van der Waals surface area contributed by atoms with Crippen molar-refractivity contribution >= 4 is 32.7 Å². The second-order valence-corrected chi connectivity index (χ2v) is 9.74. The van der Waals surface area contributed by atoms with Gasteiger partial charge in [0.15, 0.2) is 0 Å². The van der Waals surface area contributed by atoms with Gasteiger partial charge in [-0.1, -0.05) is 0 Å². The quantitative estimate of drug-likeness (QED) is 0.448. The van der Waals surface area contributed by atoms with E-state index in [0.29, 0.717) is 23.4 Å². The van der Waals surface area contributed by atoms with Crippen molar-refractivity contribution in [3.8, 4) is 11.4 Å². The minimum atomic E-state index is -3.54. The molecule has 0 spiro atoms. The maximum absolute atomic E-state index is 12.4. The topological polar surface area (TPSA) is 113 Å². The highest BCUT2D eigenvalue weighted by Crippen LogP contribution is 2.22. The number of nitrogens with zero attached hydrogens (tertiary/aromatic N) is 4. The van der Waals surface area contributed by atoms with E-state index in [2.05, 4.69) is 20.3 Å². The van der Waals surface area contributed by atoms with Crippen molar-refractivity contribution in [2.24, 2.45) is 7.05 Å². The fourth-order valence-electron chi connectivity index (χ4n) is 3.41. The average Bonchev–Trinajstić information content (AvgIpc) is 3.41. The fourth-order valence-corrected chi connectivity index (χ4v) is 4.33. The normalized spacial score (nSPS) is 11.9. The van der Waals surface area contributed by atoms with Gasteiger partial charge in [-0.2, -0.15) is 0 Å².